The summed E-state index contributed by atoms with van der Waals surface area (Å²) in [7, 11) is 3.18. The van der Waals surface area contributed by atoms with Crippen LogP contribution in [-0.2, 0) is 20.9 Å². The van der Waals surface area contributed by atoms with E-state index in [0.717, 1.165) is 5.56 Å². The Morgan fingerprint density at radius 2 is 2.11 bits per heavy atom. The third-order valence-corrected chi connectivity index (χ3v) is 5.81. The van der Waals surface area contributed by atoms with Crippen molar-refractivity contribution in [3.8, 4) is 0 Å². The monoisotopic (exact) mass is 402 g/mol. The molecule has 1 fully saturated rings. The molecule has 2 heterocycles. The van der Waals surface area contributed by atoms with E-state index in [0.29, 0.717) is 17.1 Å². The molecule has 0 bridgehead atoms. The second-order valence-electron chi connectivity index (χ2n) is 7.07. The highest BCUT2D eigenvalue weighted by molar-refractivity contribution is 6.31. The van der Waals surface area contributed by atoms with Gasteiger partial charge in [0.15, 0.2) is 0 Å². The van der Waals surface area contributed by atoms with Crippen molar-refractivity contribution in [3.05, 3.63) is 59.1 Å². The predicted octanol–water partition coefficient (Wildman–Crippen LogP) is 2.37. The lowest BCUT2D eigenvalue weighted by atomic mass is 9.89. The summed E-state index contributed by atoms with van der Waals surface area (Å²) in [6, 6.07) is 8.77. The molecule has 28 heavy (non-hydrogen) atoms. The van der Waals surface area contributed by atoms with Gasteiger partial charge in [0.1, 0.15) is 11.9 Å². The highest BCUT2D eigenvalue weighted by atomic mass is 35.5. The molecule has 1 saturated heterocycles. The number of hydrogen-bond donors (Lipinski definition) is 1. The van der Waals surface area contributed by atoms with E-state index in [1.165, 1.54) is 13.4 Å². The van der Waals surface area contributed by atoms with Gasteiger partial charge in [0.25, 0.3) is 0 Å². The van der Waals surface area contributed by atoms with Crippen molar-refractivity contribution in [1.82, 2.24) is 20.2 Å². The third-order valence-electron chi connectivity index (χ3n) is 5.47. The van der Waals surface area contributed by atoms with E-state index in [9.17, 15) is 9.59 Å². The fourth-order valence-corrected chi connectivity index (χ4v) is 4.06. The van der Waals surface area contributed by atoms with Crippen LogP contribution in [0.3, 0.4) is 0 Å². The van der Waals surface area contributed by atoms with Crippen LogP contribution >= 0.6 is 11.6 Å². The van der Waals surface area contributed by atoms with E-state index in [2.05, 4.69) is 15.3 Å². The second-order valence-corrected chi connectivity index (χ2v) is 7.48. The first-order valence-electron chi connectivity index (χ1n) is 8.97. The van der Waals surface area contributed by atoms with Crippen LogP contribution in [0, 0.1) is 5.92 Å². The van der Waals surface area contributed by atoms with Gasteiger partial charge < -0.3 is 10.1 Å². The number of methoxy groups -OCH3 is 1. The van der Waals surface area contributed by atoms with Gasteiger partial charge in [-0.2, -0.15) is 0 Å². The normalized spacial score (nSPS) is 24.7. The number of carbonyl (C=O) groups is 2. The summed E-state index contributed by atoms with van der Waals surface area (Å²) in [4.78, 5) is 35.5. The average molecular weight is 403 g/mol. The van der Waals surface area contributed by atoms with Crippen LogP contribution in [0.4, 0.5) is 0 Å². The first-order valence-corrected chi connectivity index (χ1v) is 9.34. The van der Waals surface area contributed by atoms with Gasteiger partial charge in [0, 0.05) is 17.3 Å². The van der Waals surface area contributed by atoms with E-state index in [-0.39, 0.29) is 24.5 Å². The molecule has 8 heteroatoms. The number of carbonyl (C=O) groups excluding carboxylic acids is 2. The van der Waals surface area contributed by atoms with Gasteiger partial charge >= 0.3 is 5.97 Å². The molecule has 3 rings (SSSR count). The number of nitrogens with zero attached hydrogens (tertiary/aromatic N) is 3. The Hall–Kier alpha value is -2.51. The molecular formula is C20H23ClN4O3. The number of likely N-dealkylation sites (N-methyl/N-ethyl adjacent to an activating group) is 1. The van der Waals surface area contributed by atoms with E-state index >= 15 is 0 Å². The van der Waals surface area contributed by atoms with Gasteiger partial charge in [-0.1, -0.05) is 29.8 Å². The summed E-state index contributed by atoms with van der Waals surface area (Å²) < 4.78 is 5.02. The summed E-state index contributed by atoms with van der Waals surface area (Å²) in [5, 5.41) is 3.48. The van der Waals surface area contributed by atoms with Crippen LogP contribution in [-0.4, -0.2) is 46.4 Å². The molecule has 148 valence electrons. The van der Waals surface area contributed by atoms with E-state index in [1.807, 2.05) is 30.1 Å². The minimum atomic E-state index is -0.935. The summed E-state index contributed by atoms with van der Waals surface area (Å²) in [5.74, 6) is -1.02. The predicted molar refractivity (Wildman–Crippen MR) is 104 cm³/mol. The van der Waals surface area contributed by atoms with Gasteiger partial charge in [-0.3, -0.25) is 14.5 Å². The summed E-state index contributed by atoms with van der Waals surface area (Å²) in [6.07, 6.45) is 3.38. The van der Waals surface area contributed by atoms with Gasteiger partial charge in [-0.05, 0) is 38.1 Å². The van der Waals surface area contributed by atoms with Crippen LogP contribution in [0.5, 0.6) is 0 Å². The first-order chi connectivity index (χ1) is 13.4. The molecule has 7 nitrogen and oxygen atoms in total. The first kappa shape index (κ1) is 20.2. The Balaban J connectivity index is 1.90. The van der Waals surface area contributed by atoms with Crippen LogP contribution in [0.15, 0.2) is 42.9 Å². The van der Waals surface area contributed by atoms with E-state index in [4.69, 9.17) is 16.3 Å². The fraction of sp³-hybridized carbons (Fsp3) is 0.400. The Bertz CT molecular complexity index is 864. The molecule has 3 atom stereocenters. The molecule has 1 amide bonds. The number of likely N-dealkylation sites (tertiary alicyclic amines) is 1. The Morgan fingerprint density at radius 1 is 1.36 bits per heavy atom. The third kappa shape index (κ3) is 3.72. The highest BCUT2D eigenvalue weighted by Crippen LogP contribution is 2.47. The standard InChI is InChI=1S/C20H23ClN4O3/c1-20(19(27)28-3)10-15(18(26)23-11-13-8-9-22-12-24-13)17(25(20)2)14-6-4-5-7-16(14)21/h4-9,12,15,17H,10-11H2,1-3H3,(H,23,26)/t15-,17-,20-/m0/s1. The lowest BCUT2D eigenvalue weighted by Gasteiger charge is -2.33. The molecule has 1 aromatic heterocycles. The zero-order valence-electron chi connectivity index (χ0n) is 16.1. The van der Waals surface area contributed by atoms with Crippen molar-refractivity contribution in [3.63, 3.8) is 0 Å². The molecule has 2 aromatic rings. The molecule has 0 unspecified atom stereocenters. The van der Waals surface area contributed by atoms with Crippen molar-refractivity contribution in [1.29, 1.82) is 0 Å². The van der Waals surface area contributed by atoms with Crippen LogP contribution in [0.1, 0.15) is 30.6 Å². The molecule has 1 aliphatic heterocycles. The molecule has 1 aliphatic rings. The number of aromatic nitrogens is 2. The number of nitrogens with one attached hydrogen (secondary N) is 1. The molecule has 0 radical (unpaired) electrons. The van der Waals surface area contributed by atoms with E-state index in [1.54, 1.807) is 25.3 Å². The molecule has 0 spiro atoms. The maximum absolute atomic E-state index is 13.1. The average Bonchev–Trinajstić information content (AvgIpc) is 2.99. The maximum atomic E-state index is 13.1. The quantitative estimate of drug-likeness (QED) is 0.773. The maximum Gasteiger partial charge on any atom is 0.326 e. The molecule has 0 saturated carbocycles. The van der Waals surface area contributed by atoms with Crippen molar-refractivity contribution in [2.24, 2.45) is 5.92 Å². The Kier molecular flexibility index (Phi) is 5.96. The highest BCUT2D eigenvalue weighted by Gasteiger charge is 2.55. The number of hydrogen-bond acceptors (Lipinski definition) is 6. The molecular weight excluding hydrogens is 380 g/mol. The van der Waals surface area contributed by atoms with Gasteiger partial charge in [-0.15, -0.1) is 0 Å². The summed E-state index contributed by atoms with van der Waals surface area (Å²) >= 11 is 6.43. The molecule has 1 aromatic carbocycles. The lowest BCUT2D eigenvalue weighted by molar-refractivity contribution is -0.152. The molecule has 0 aliphatic carbocycles. The van der Waals surface area contributed by atoms with Gasteiger partial charge in [0.05, 0.1) is 25.3 Å². The molecule has 1 N–H and O–H groups in total. The number of ether oxygens (including phenoxy) is 1. The lowest BCUT2D eigenvalue weighted by Crippen LogP contribution is -2.47. The fourth-order valence-electron chi connectivity index (χ4n) is 3.82. The number of amides is 1. The zero-order valence-corrected chi connectivity index (χ0v) is 16.8. The van der Waals surface area contributed by atoms with Crippen molar-refractivity contribution < 1.29 is 14.3 Å². The van der Waals surface area contributed by atoms with Crippen molar-refractivity contribution in [2.45, 2.75) is 31.5 Å². The number of esters is 1. The summed E-state index contributed by atoms with van der Waals surface area (Å²) in [5.41, 5.74) is 0.580. The topological polar surface area (TPSA) is 84.4 Å². The van der Waals surface area contributed by atoms with Crippen LogP contribution < -0.4 is 5.32 Å². The summed E-state index contributed by atoms with van der Waals surface area (Å²) in [6.45, 7) is 2.08. The van der Waals surface area contributed by atoms with Gasteiger partial charge in [-0.25, -0.2) is 9.97 Å². The minimum absolute atomic E-state index is 0.164. The van der Waals surface area contributed by atoms with E-state index < -0.39 is 11.5 Å². The smallest absolute Gasteiger partial charge is 0.326 e. The van der Waals surface area contributed by atoms with Crippen molar-refractivity contribution in [2.75, 3.05) is 14.2 Å². The largest absolute Gasteiger partial charge is 0.468 e. The second kappa shape index (κ2) is 8.24. The van der Waals surface area contributed by atoms with Crippen LogP contribution in [0.2, 0.25) is 5.02 Å². The number of halogens is 1. The van der Waals surface area contributed by atoms with Gasteiger partial charge in [0.2, 0.25) is 5.91 Å². The van der Waals surface area contributed by atoms with Crippen LogP contribution in [0.25, 0.3) is 0 Å². The Labute approximate surface area is 169 Å². The SMILES string of the molecule is COC(=O)[C@]1(C)C[C@H](C(=O)NCc2ccncn2)[C@H](c2ccccc2Cl)N1C. The minimum Gasteiger partial charge on any atom is -0.468 e. The number of benzene rings is 1. The number of rotatable bonds is 5. The zero-order chi connectivity index (χ0) is 20.3. The Morgan fingerprint density at radius 3 is 2.75 bits per heavy atom. The van der Waals surface area contributed by atoms with Crippen molar-refractivity contribution >= 4 is 23.5 Å².